The van der Waals surface area contributed by atoms with Gasteiger partial charge >= 0.3 is 5.97 Å². The Morgan fingerprint density at radius 3 is 2.69 bits per heavy atom. The molecule has 0 bridgehead atoms. The van der Waals surface area contributed by atoms with Crippen LogP contribution in [-0.4, -0.2) is 29.6 Å². The van der Waals surface area contributed by atoms with Crippen LogP contribution in [-0.2, 0) is 9.53 Å². The van der Waals surface area contributed by atoms with Crippen LogP contribution in [0.2, 0.25) is 0 Å². The number of amides is 1. The molecule has 1 aromatic heterocycles. The average molecular weight is 370 g/mol. The summed E-state index contributed by atoms with van der Waals surface area (Å²) < 4.78 is 11.5. The number of aromatic nitrogens is 1. The number of benzene rings is 2. The molecule has 0 saturated carbocycles. The van der Waals surface area contributed by atoms with Gasteiger partial charge in [-0.25, -0.2) is 9.78 Å². The minimum Gasteiger partial charge on any atom is -0.494 e. The molecule has 0 aliphatic heterocycles. The molecule has 1 amide bonds. The molecule has 3 rings (SSSR count). The second-order valence-electron chi connectivity index (χ2n) is 5.53. The Morgan fingerprint density at radius 2 is 1.96 bits per heavy atom. The predicted molar refractivity (Wildman–Crippen MR) is 101 cm³/mol. The molecule has 0 aliphatic carbocycles. The Kier molecular flexibility index (Phi) is 5.48. The second-order valence-corrected chi connectivity index (χ2v) is 6.42. The van der Waals surface area contributed by atoms with E-state index in [-0.39, 0.29) is 0 Å². The SMILES string of the molecule is CCOc1ccc(NC(=O)C(C)OC(=O)c2ccc3ncsc3c2)cc1. The minimum absolute atomic E-state index is 0.391. The molecule has 1 atom stereocenters. The first-order chi connectivity index (χ1) is 12.6. The highest BCUT2D eigenvalue weighted by Gasteiger charge is 2.19. The maximum absolute atomic E-state index is 12.3. The number of ether oxygens (including phenoxy) is 2. The predicted octanol–water partition coefficient (Wildman–Crippen LogP) is 3.88. The monoisotopic (exact) mass is 370 g/mol. The summed E-state index contributed by atoms with van der Waals surface area (Å²) in [7, 11) is 0. The van der Waals surface area contributed by atoms with E-state index < -0.39 is 18.0 Å². The van der Waals surface area contributed by atoms with Crippen molar-refractivity contribution in [3.63, 3.8) is 0 Å². The molecular weight excluding hydrogens is 352 g/mol. The third-order valence-corrected chi connectivity index (χ3v) is 4.44. The summed E-state index contributed by atoms with van der Waals surface area (Å²) in [5.41, 5.74) is 3.54. The zero-order valence-electron chi connectivity index (χ0n) is 14.4. The Labute approximate surface area is 154 Å². The molecule has 3 aromatic rings. The van der Waals surface area contributed by atoms with Crippen molar-refractivity contribution in [2.24, 2.45) is 0 Å². The standard InChI is InChI=1S/C19H18N2O4S/c1-3-24-15-7-5-14(6-8-15)21-18(22)12(2)25-19(23)13-4-9-16-17(10-13)26-11-20-16/h4-12H,3H2,1-2H3,(H,21,22). The van der Waals surface area contributed by atoms with Crippen LogP contribution in [0.5, 0.6) is 5.75 Å². The lowest BCUT2D eigenvalue weighted by molar-refractivity contribution is -0.123. The summed E-state index contributed by atoms with van der Waals surface area (Å²) in [6, 6.07) is 12.1. The average Bonchev–Trinajstić information content (AvgIpc) is 3.11. The smallest absolute Gasteiger partial charge is 0.338 e. The molecule has 0 radical (unpaired) electrons. The Balaban J connectivity index is 1.60. The van der Waals surface area contributed by atoms with Crippen LogP contribution in [0.25, 0.3) is 10.2 Å². The summed E-state index contributed by atoms with van der Waals surface area (Å²) in [5, 5.41) is 2.71. The topological polar surface area (TPSA) is 77.5 Å². The zero-order chi connectivity index (χ0) is 18.5. The van der Waals surface area contributed by atoms with E-state index >= 15 is 0 Å². The van der Waals surface area contributed by atoms with Crippen LogP contribution in [0, 0.1) is 0 Å². The number of fused-ring (bicyclic) bond motifs is 1. The molecule has 0 saturated heterocycles. The quantitative estimate of drug-likeness (QED) is 0.666. The van der Waals surface area contributed by atoms with Gasteiger partial charge in [0.15, 0.2) is 6.10 Å². The fraction of sp³-hybridized carbons (Fsp3) is 0.211. The third-order valence-electron chi connectivity index (χ3n) is 3.65. The highest BCUT2D eigenvalue weighted by molar-refractivity contribution is 7.16. The molecule has 1 unspecified atom stereocenters. The van der Waals surface area contributed by atoms with Gasteiger partial charge in [-0.15, -0.1) is 11.3 Å². The molecule has 26 heavy (non-hydrogen) atoms. The van der Waals surface area contributed by atoms with E-state index in [1.165, 1.54) is 18.3 Å². The normalized spacial score (nSPS) is 11.8. The minimum atomic E-state index is -0.925. The molecule has 0 aliphatic rings. The Hall–Kier alpha value is -2.93. The third kappa shape index (κ3) is 4.18. The fourth-order valence-electron chi connectivity index (χ4n) is 2.31. The highest BCUT2D eigenvalue weighted by Crippen LogP contribution is 2.20. The highest BCUT2D eigenvalue weighted by atomic mass is 32.1. The van der Waals surface area contributed by atoms with Gasteiger partial charge in [0.05, 0.1) is 27.9 Å². The number of anilines is 1. The fourth-order valence-corrected chi connectivity index (χ4v) is 3.03. The number of hydrogen-bond donors (Lipinski definition) is 1. The Bertz CT molecular complexity index is 921. The number of esters is 1. The molecule has 2 aromatic carbocycles. The van der Waals surface area contributed by atoms with E-state index in [0.29, 0.717) is 17.9 Å². The lowest BCUT2D eigenvalue weighted by atomic mass is 10.2. The van der Waals surface area contributed by atoms with Crippen molar-refractivity contribution in [1.82, 2.24) is 4.98 Å². The summed E-state index contributed by atoms with van der Waals surface area (Å²) in [4.78, 5) is 28.7. The van der Waals surface area contributed by atoms with Crippen molar-refractivity contribution in [3.05, 3.63) is 53.5 Å². The van der Waals surface area contributed by atoms with Gasteiger partial charge in [-0.05, 0) is 56.3 Å². The van der Waals surface area contributed by atoms with Gasteiger partial charge in [0.2, 0.25) is 0 Å². The first-order valence-corrected chi connectivity index (χ1v) is 9.02. The molecule has 1 N–H and O–H groups in total. The van der Waals surface area contributed by atoms with Crippen LogP contribution in [0.4, 0.5) is 5.69 Å². The molecule has 1 heterocycles. The van der Waals surface area contributed by atoms with Crippen LogP contribution in [0.15, 0.2) is 48.0 Å². The lowest BCUT2D eigenvalue weighted by Gasteiger charge is -2.14. The van der Waals surface area contributed by atoms with Crippen molar-refractivity contribution in [1.29, 1.82) is 0 Å². The summed E-state index contributed by atoms with van der Waals surface area (Å²) in [6.07, 6.45) is -0.925. The molecule has 0 fully saturated rings. The van der Waals surface area contributed by atoms with Gasteiger partial charge in [0, 0.05) is 5.69 Å². The number of nitrogens with zero attached hydrogens (tertiary/aromatic N) is 1. The number of thiazole rings is 1. The van der Waals surface area contributed by atoms with Crippen molar-refractivity contribution in [2.45, 2.75) is 20.0 Å². The molecule has 0 spiro atoms. The maximum atomic E-state index is 12.3. The van der Waals surface area contributed by atoms with Gasteiger partial charge in [-0.2, -0.15) is 0 Å². The molecule has 134 valence electrons. The van der Waals surface area contributed by atoms with Crippen LogP contribution in [0.3, 0.4) is 0 Å². The van der Waals surface area contributed by atoms with Gasteiger partial charge in [-0.1, -0.05) is 0 Å². The van der Waals surface area contributed by atoms with E-state index in [2.05, 4.69) is 10.3 Å². The molecular formula is C19H18N2O4S. The van der Waals surface area contributed by atoms with Crippen LogP contribution >= 0.6 is 11.3 Å². The van der Waals surface area contributed by atoms with Crippen molar-refractivity contribution < 1.29 is 19.1 Å². The first kappa shape index (κ1) is 17.9. The van der Waals surface area contributed by atoms with Crippen molar-refractivity contribution >= 4 is 39.1 Å². The van der Waals surface area contributed by atoms with E-state index in [4.69, 9.17) is 9.47 Å². The van der Waals surface area contributed by atoms with Crippen LogP contribution in [0.1, 0.15) is 24.2 Å². The zero-order valence-corrected chi connectivity index (χ0v) is 15.2. The summed E-state index contributed by atoms with van der Waals surface area (Å²) in [5.74, 6) is -0.223. The van der Waals surface area contributed by atoms with Crippen molar-refractivity contribution in [2.75, 3.05) is 11.9 Å². The van der Waals surface area contributed by atoms with Crippen LogP contribution < -0.4 is 10.1 Å². The largest absolute Gasteiger partial charge is 0.494 e. The lowest BCUT2D eigenvalue weighted by Crippen LogP contribution is -2.30. The first-order valence-electron chi connectivity index (χ1n) is 8.15. The van der Waals surface area contributed by atoms with Gasteiger partial charge in [0.1, 0.15) is 5.75 Å². The second kappa shape index (κ2) is 7.97. The van der Waals surface area contributed by atoms with E-state index in [9.17, 15) is 9.59 Å². The number of carbonyl (C=O) groups is 2. The number of hydrogen-bond acceptors (Lipinski definition) is 6. The number of carbonyl (C=O) groups excluding carboxylic acids is 2. The maximum Gasteiger partial charge on any atom is 0.338 e. The number of nitrogens with one attached hydrogen (secondary N) is 1. The van der Waals surface area contributed by atoms with Gasteiger partial charge in [0.25, 0.3) is 5.91 Å². The summed E-state index contributed by atoms with van der Waals surface area (Å²) >= 11 is 1.44. The van der Waals surface area contributed by atoms with Gasteiger partial charge < -0.3 is 14.8 Å². The van der Waals surface area contributed by atoms with E-state index in [0.717, 1.165) is 16.0 Å². The van der Waals surface area contributed by atoms with Gasteiger partial charge in [-0.3, -0.25) is 4.79 Å². The molecule has 6 nitrogen and oxygen atoms in total. The Morgan fingerprint density at radius 1 is 1.19 bits per heavy atom. The number of rotatable bonds is 6. The van der Waals surface area contributed by atoms with E-state index in [1.807, 2.05) is 6.92 Å². The van der Waals surface area contributed by atoms with Crippen molar-refractivity contribution in [3.8, 4) is 5.75 Å². The van der Waals surface area contributed by atoms with E-state index in [1.54, 1.807) is 48.0 Å². The summed E-state index contributed by atoms with van der Waals surface area (Å²) in [6.45, 7) is 4.01. The molecule has 7 heteroatoms.